The second-order valence-electron chi connectivity index (χ2n) is 11.5. The number of rotatable bonds is 4. The molecule has 29 heavy (non-hydrogen) atoms. The van der Waals surface area contributed by atoms with Gasteiger partial charge in [-0.15, -0.1) is 0 Å². The van der Waals surface area contributed by atoms with Gasteiger partial charge in [0.15, 0.2) is 0 Å². The number of esters is 1. The zero-order valence-corrected chi connectivity index (χ0v) is 18.9. The van der Waals surface area contributed by atoms with E-state index in [1.807, 2.05) is 0 Å². The lowest BCUT2D eigenvalue weighted by Gasteiger charge is -2.62. The van der Waals surface area contributed by atoms with Gasteiger partial charge in [0.2, 0.25) is 0 Å². The van der Waals surface area contributed by atoms with E-state index in [9.17, 15) is 15.0 Å². The average molecular weight is 407 g/mol. The SMILES string of the molecule is COC(=O)CC[C@H](C)[C@@H]1CC[C@H]2[C@H]3CC[C@H]4C[C@H](O)CC[C@]4(C)[C@@H]3C[C@H](O)[C@@]21C. The third kappa shape index (κ3) is 3.37. The normalized spacial score (nSPS) is 50.2. The topological polar surface area (TPSA) is 66.8 Å². The van der Waals surface area contributed by atoms with Crippen LogP contribution in [-0.4, -0.2) is 35.5 Å². The van der Waals surface area contributed by atoms with Gasteiger partial charge >= 0.3 is 5.97 Å². The van der Waals surface area contributed by atoms with Crippen molar-refractivity contribution in [3.8, 4) is 0 Å². The van der Waals surface area contributed by atoms with Crippen LogP contribution in [0.1, 0.15) is 85.0 Å². The highest BCUT2D eigenvalue weighted by atomic mass is 16.5. The van der Waals surface area contributed by atoms with Crippen molar-refractivity contribution in [2.24, 2.45) is 46.3 Å². The first-order valence-electron chi connectivity index (χ1n) is 12.1. The molecule has 0 radical (unpaired) electrons. The van der Waals surface area contributed by atoms with Crippen LogP contribution in [0.3, 0.4) is 0 Å². The lowest BCUT2D eigenvalue weighted by atomic mass is 9.43. The van der Waals surface area contributed by atoms with E-state index in [4.69, 9.17) is 4.74 Å². The minimum absolute atomic E-state index is 0.0198. The van der Waals surface area contributed by atoms with Gasteiger partial charge in [0.25, 0.3) is 0 Å². The van der Waals surface area contributed by atoms with Crippen LogP contribution in [0.15, 0.2) is 0 Å². The lowest BCUT2D eigenvalue weighted by molar-refractivity contribution is -0.175. The van der Waals surface area contributed by atoms with E-state index in [1.54, 1.807) is 0 Å². The number of aliphatic hydroxyl groups is 2. The summed E-state index contributed by atoms with van der Waals surface area (Å²) < 4.78 is 4.85. The second kappa shape index (κ2) is 7.82. The van der Waals surface area contributed by atoms with Crippen molar-refractivity contribution in [3.63, 3.8) is 0 Å². The molecule has 0 unspecified atom stereocenters. The first kappa shape index (κ1) is 21.6. The molecule has 0 aromatic rings. The summed E-state index contributed by atoms with van der Waals surface area (Å²) in [6, 6.07) is 0. The Balaban J connectivity index is 1.53. The molecule has 0 aromatic heterocycles. The van der Waals surface area contributed by atoms with E-state index >= 15 is 0 Å². The fourth-order valence-electron chi connectivity index (χ4n) is 8.81. The Bertz CT molecular complexity index is 620. The Morgan fingerprint density at radius 3 is 2.55 bits per heavy atom. The summed E-state index contributed by atoms with van der Waals surface area (Å²) in [5, 5.41) is 21.8. The molecule has 4 saturated carbocycles. The summed E-state index contributed by atoms with van der Waals surface area (Å²) in [7, 11) is 1.46. The van der Waals surface area contributed by atoms with Gasteiger partial charge in [-0.05, 0) is 104 Å². The van der Waals surface area contributed by atoms with Crippen LogP contribution in [0.25, 0.3) is 0 Å². The first-order chi connectivity index (χ1) is 13.7. The van der Waals surface area contributed by atoms with Crippen molar-refractivity contribution in [3.05, 3.63) is 0 Å². The average Bonchev–Trinajstić information content (AvgIpc) is 3.06. The standard InChI is InChI=1S/C25H42O4/c1-15(5-10-23(28)29-4)19-8-9-20-18-7-6-16-13-17(26)11-12-24(16,2)21(18)14-22(27)25(19,20)3/h15-22,26-27H,5-14H2,1-4H3/t15-,16-,17+,18+,19-,20-,21+,22-,24-,25+/m0/s1. The smallest absolute Gasteiger partial charge is 0.305 e. The van der Waals surface area contributed by atoms with Crippen molar-refractivity contribution in [2.75, 3.05) is 7.11 Å². The molecule has 10 atom stereocenters. The summed E-state index contributed by atoms with van der Waals surface area (Å²) in [5.74, 6) is 3.36. The predicted octanol–water partition coefficient (Wildman–Crippen LogP) is 4.57. The first-order valence-corrected chi connectivity index (χ1v) is 12.1. The van der Waals surface area contributed by atoms with Gasteiger partial charge in [-0.2, -0.15) is 0 Å². The Labute approximate surface area is 176 Å². The van der Waals surface area contributed by atoms with Crippen molar-refractivity contribution in [2.45, 2.75) is 97.2 Å². The lowest BCUT2D eigenvalue weighted by Crippen LogP contribution is -2.58. The van der Waals surface area contributed by atoms with Crippen LogP contribution < -0.4 is 0 Å². The molecule has 4 fully saturated rings. The fourth-order valence-corrected chi connectivity index (χ4v) is 8.81. The summed E-state index contributed by atoms with van der Waals surface area (Å²) in [4.78, 5) is 11.6. The summed E-state index contributed by atoms with van der Waals surface area (Å²) in [6.45, 7) is 7.12. The number of ether oxygens (including phenoxy) is 1. The number of fused-ring (bicyclic) bond motifs is 5. The Kier molecular flexibility index (Phi) is 5.83. The van der Waals surface area contributed by atoms with Crippen LogP contribution in [0.2, 0.25) is 0 Å². The van der Waals surface area contributed by atoms with Crippen LogP contribution in [0, 0.1) is 46.3 Å². The molecular weight excluding hydrogens is 364 g/mol. The van der Waals surface area contributed by atoms with Crippen LogP contribution in [-0.2, 0) is 9.53 Å². The maximum atomic E-state index is 11.6. The van der Waals surface area contributed by atoms with Crippen LogP contribution in [0.4, 0.5) is 0 Å². The summed E-state index contributed by atoms with van der Waals surface area (Å²) >= 11 is 0. The van der Waals surface area contributed by atoms with Gasteiger partial charge in [-0.1, -0.05) is 20.8 Å². The van der Waals surface area contributed by atoms with E-state index in [1.165, 1.54) is 32.8 Å². The van der Waals surface area contributed by atoms with Gasteiger partial charge in [-0.25, -0.2) is 0 Å². The highest BCUT2D eigenvalue weighted by Crippen LogP contribution is 2.68. The maximum Gasteiger partial charge on any atom is 0.305 e. The Morgan fingerprint density at radius 1 is 1.07 bits per heavy atom. The van der Waals surface area contributed by atoms with Crippen LogP contribution in [0.5, 0.6) is 0 Å². The molecule has 2 N–H and O–H groups in total. The molecule has 4 rings (SSSR count). The molecule has 4 aliphatic carbocycles. The van der Waals surface area contributed by atoms with Gasteiger partial charge in [-0.3, -0.25) is 4.79 Å². The number of hydrogen-bond donors (Lipinski definition) is 2. The predicted molar refractivity (Wildman–Crippen MR) is 113 cm³/mol. The largest absolute Gasteiger partial charge is 0.469 e. The van der Waals surface area contributed by atoms with Gasteiger partial charge < -0.3 is 14.9 Å². The number of hydrogen-bond acceptors (Lipinski definition) is 4. The monoisotopic (exact) mass is 406 g/mol. The van der Waals surface area contributed by atoms with E-state index in [-0.39, 0.29) is 23.6 Å². The second-order valence-corrected chi connectivity index (χ2v) is 11.5. The molecule has 166 valence electrons. The molecule has 0 saturated heterocycles. The molecule has 0 spiro atoms. The zero-order valence-electron chi connectivity index (χ0n) is 18.9. The van der Waals surface area contributed by atoms with E-state index in [0.717, 1.165) is 38.0 Å². The molecular formula is C25H42O4. The fraction of sp³-hybridized carbons (Fsp3) is 0.960. The van der Waals surface area contributed by atoms with E-state index in [0.29, 0.717) is 41.4 Å². The molecule has 0 amide bonds. The summed E-state index contributed by atoms with van der Waals surface area (Å²) in [6.07, 6.45) is 9.86. The number of carbonyl (C=O) groups excluding carboxylic acids is 1. The molecule has 0 aromatic carbocycles. The van der Waals surface area contributed by atoms with Crippen molar-refractivity contribution in [1.82, 2.24) is 0 Å². The van der Waals surface area contributed by atoms with Crippen molar-refractivity contribution in [1.29, 1.82) is 0 Å². The molecule has 0 aliphatic heterocycles. The molecule has 0 heterocycles. The van der Waals surface area contributed by atoms with Gasteiger partial charge in [0.1, 0.15) is 0 Å². The summed E-state index contributed by atoms with van der Waals surface area (Å²) in [5.41, 5.74) is 0.271. The maximum absolute atomic E-state index is 11.6. The van der Waals surface area contributed by atoms with E-state index < -0.39 is 0 Å². The van der Waals surface area contributed by atoms with Gasteiger partial charge in [0, 0.05) is 6.42 Å². The van der Waals surface area contributed by atoms with Crippen LogP contribution >= 0.6 is 0 Å². The molecule has 4 aliphatic rings. The number of carbonyl (C=O) groups is 1. The third-order valence-electron chi connectivity index (χ3n) is 10.5. The Morgan fingerprint density at radius 2 is 1.83 bits per heavy atom. The molecule has 4 heteroatoms. The Hall–Kier alpha value is -0.610. The molecule has 4 nitrogen and oxygen atoms in total. The molecule has 0 bridgehead atoms. The minimum atomic E-state index is -0.246. The highest BCUT2D eigenvalue weighted by Gasteiger charge is 2.63. The minimum Gasteiger partial charge on any atom is -0.469 e. The van der Waals surface area contributed by atoms with Gasteiger partial charge in [0.05, 0.1) is 19.3 Å². The van der Waals surface area contributed by atoms with Crippen molar-refractivity contribution >= 4 is 5.97 Å². The zero-order chi connectivity index (χ0) is 21.0. The van der Waals surface area contributed by atoms with E-state index in [2.05, 4.69) is 20.8 Å². The quantitative estimate of drug-likeness (QED) is 0.671. The number of aliphatic hydroxyl groups excluding tert-OH is 2. The highest BCUT2D eigenvalue weighted by molar-refractivity contribution is 5.69. The van der Waals surface area contributed by atoms with Crippen molar-refractivity contribution < 1.29 is 19.7 Å². The number of methoxy groups -OCH3 is 1. The third-order valence-corrected chi connectivity index (χ3v) is 10.5.